The first-order valence-corrected chi connectivity index (χ1v) is 8.02. The number of ether oxygens (including phenoxy) is 1. The molecule has 0 unspecified atom stereocenters. The Balaban J connectivity index is 1.37. The number of nitrogens with zero attached hydrogens (tertiary/aromatic N) is 4. The molecule has 1 aliphatic heterocycles. The summed E-state index contributed by atoms with van der Waals surface area (Å²) in [4.78, 5) is 14.1. The summed E-state index contributed by atoms with van der Waals surface area (Å²) in [6.07, 6.45) is 1.26. The van der Waals surface area contributed by atoms with E-state index in [1.165, 1.54) is 0 Å². The van der Waals surface area contributed by atoms with Gasteiger partial charge in [-0.05, 0) is 18.9 Å². The summed E-state index contributed by atoms with van der Waals surface area (Å²) in [5, 5.41) is 8.19. The third-order valence-corrected chi connectivity index (χ3v) is 4.08. The maximum atomic E-state index is 12.3. The van der Waals surface area contributed by atoms with Gasteiger partial charge in [0.05, 0.1) is 13.2 Å². The van der Waals surface area contributed by atoms with Crippen LogP contribution in [0.3, 0.4) is 0 Å². The van der Waals surface area contributed by atoms with Crippen LogP contribution in [-0.4, -0.2) is 38.7 Å². The van der Waals surface area contributed by atoms with Crippen LogP contribution in [0.1, 0.15) is 30.1 Å². The summed E-state index contributed by atoms with van der Waals surface area (Å²) in [6, 6.07) is 10.1. The van der Waals surface area contributed by atoms with Gasteiger partial charge in [-0.1, -0.05) is 30.3 Å². The minimum atomic E-state index is 0.167. The van der Waals surface area contributed by atoms with Crippen LogP contribution in [0.4, 0.5) is 0 Å². The molecule has 0 fully saturated rings. The van der Waals surface area contributed by atoms with Gasteiger partial charge < -0.3 is 14.2 Å². The predicted octanol–water partition coefficient (Wildman–Crippen LogP) is 1.93. The van der Waals surface area contributed by atoms with Gasteiger partial charge in [-0.3, -0.25) is 4.79 Å². The fraction of sp³-hybridized carbons (Fsp3) is 0.471. The van der Waals surface area contributed by atoms with E-state index in [2.05, 4.69) is 14.8 Å². The molecule has 6 heteroatoms. The topological polar surface area (TPSA) is 60.2 Å². The number of amides is 1. The monoisotopic (exact) mass is 314 g/mol. The van der Waals surface area contributed by atoms with Crippen LogP contribution in [-0.2, 0) is 29.2 Å². The summed E-state index contributed by atoms with van der Waals surface area (Å²) in [6.45, 7) is 5.22. The van der Waals surface area contributed by atoms with Crippen molar-refractivity contribution >= 4 is 5.91 Å². The maximum absolute atomic E-state index is 12.3. The molecule has 0 radical (unpaired) electrons. The first-order chi connectivity index (χ1) is 11.2. The molecule has 0 bridgehead atoms. The first kappa shape index (κ1) is 15.7. The number of aryl methyl sites for hydroxylation is 1. The number of benzene rings is 1. The quantitative estimate of drug-likeness (QED) is 0.764. The van der Waals surface area contributed by atoms with E-state index in [1.54, 1.807) is 0 Å². The van der Waals surface area contributed by atoms with Gasteiger partial charge in [-0.25, -0.2) is 0 Å². The van der Waals surface area contributed by atoms with Crippen molar-refractivity contribution in [1.82, 2.24) is 19.7 Å². The fourth-order valence-corrected chi connectivity index (χ4v) is 2.76. The summed E-state index contributed by atoms with van der Waals surface area (Å²) < 4.78 is 7.70. The molecule has 0 spiro atoms. The minimum absolute atomic E-state index is 0.167. The lowest BCUT2D eigenvalue weighted by molar-refractivity contribution is -0.133. The molecule has 2 heterocycles. The Labute approximate surface area is 136 Å². The third-order valence-electron chi connectivity index (χ3n) is 4.08. The smallest absolute Gasteiger partial charge is 0.223 e. The molecule has 1 aromatic carbocycles. The van der Waals surface area contributed by atoms with E-state index in [1.807, 2.05) is 42.2 Å². The van der Waals surface area contributed by atoms with Gasteiger partial charge in [-0.2, -0.15) is 0 Å². The second-order valence-electron chi connectivity index (χ2n) is 5.77. The highest BCUT2D eigenvalue weighted by Gasteiger charge is 2.22. The lowest BCUT2D eigenvalue weighted by atomic mass is 10.2. The standard InChI is InChI=1S/C17H22N4O2/c1-14-18-19-16-12-20(9-10-21(14)16)17(22)8-5-11-23-13-15-6-3-2-4-7-15/h2-4,6-7H,5,8-13H2,1H3. The first-order valence-electron chi connectivity index (χ1n) is 8.02. The zero-order chi connectivity index (χ0) is 16.1. The SMILES string of the molecule is Cc1nnc2n1CCN(C(=O)CCCOCc1ccccc1)C2. The maximum Gasteiger partial charge on any atom is 0.223 e. The van der Waals surface area contributed by atoms with Crippen molar-refractivity contribution in [3.8, 4) is 0 Å². The Hall–Kier alpha value is -2.21. The van der Waals surface area contributed by atoms with Gasteiger partial charge in [-0.15, -0.1) is 10.2 Å². The van der Waals surface area contributed by atoms with Gasteiger partial charge in [0, 0.05) is 26.1 Å². The zero-order valence-corrected chi connectivity index (χ0v) is 13.4. The van der Waals surface area contributed by atoms with Crippen LogP contribution >= 0.6 is 0 Å². The van der Waals surface area contributed by atoms with Gasteiger partial charge in [0.1, 0.15) is 5.82 Å². The number of rotatable bonds is 6. The molecule has 122 valence electrons. The number of fused-ring (bicyclic) bond motifs is 1. The highest BCUT2D eigenvalue weighted by Crippen LogP contribution is 2.13. The van der Waals surface area contributed by atoms with Crippen LogP contribution in [0.5, 0.6) is 0 Å². The van der Waals surface area contributed by atoms with Crippen molar-refractivity contribution in [3.63, 3.8) is 0 Å². The Morgan fingerprint density at radius 1 is 1.22 bits per heavy atom. The molecular formula is C17H22N4O2. The van der Waals surface area contributed by atoms with Crippen molar-refractivity contribution in [2.45, 2.75) is 39.5 Å². The molecule has 1 aromatic heterocycles. The van der Waals surface area contributed by atoms with Gasteiger partial charge in [0.25, 0.3) is 0 Å². The summed E-state index contributed by atoms with van der Waals surface area (Å²) >= 11 is 0. The molecule has 1 aliphatic rings. The number of aromatic nitrogens is 3. The summed E-state index contributed by atoms with van der Waals surface area (Å²) in [7, 11) is 0. The minimum Gasteiger partial charge on any atom is -0.377 e. The van der Waals surface area contributed by atoms with E-state index in [4.69, 9.17) is 4.74 Å². The zero-order valence-electron chi connectivity index (χ0n) is 13.4. The molecule has 23 heavy (non-hydrogen) atoms. The molecule has 6 nitrogen and oxygen atoms in total. The van der Waals surface area contributed by atoms with E-state index in [0.717, 1.165) is 36.7 Å². The largest absolute Gasteiger partial charge is 0.377 e. The number of carbonyl (C=O) groups excluding carboxylic acids is 1. The highest BCUT2D eigenvalue weighted by molar-refractivity contribution is 5.76. The van der Waals surface area contributed by atoms with E-state index in [9.17, 15) is 4.79 Å². The van der Waals surface area contributed by atoms with Gasteiger partial charge in [0.15, 0.2) is 5.82 Å². The molecule has 0 atom stereocenters. The number of hydrogen-bond acceptors (Lipinski definition) is 4. The third kappa shape index (κ3) is 3.96. The van der Waals surface area contributed by atoms with Crippen molar-refractivity contribution in [1.29, 1.82) is 0 Å². The fourth-order valence-electron chi connectivity index (χ4n) is 2.76. The second kappa shape index (κ2) is 7.37. The highest BCUT2D eigenvalue weighted by atomic mass is 16.5. The summed E-state index contributed by atoms with van der Waals surface area (Å²) in [5.74, 6) is 1.96. The van der Waals surface area contributed by atoms with E-state index < -0.39 is 0 Å². The molecule has 2 aromatic rings. The van der Waals surface area contributed by atoms with Crippen LogP contribution < -0.4 is 0 Å². The Kier molecular flexibility index (Phi) is 5.02. The van der Waals surface area contributed by atoms with Crippen LogP contribution in [0, 0.1) is 6.92 Å². The average Bonchev–Trinajstić information content (AvgIpc) is 2.96. The van der Waals surface area contributed by atoms with E-state index >= 15 is 0 Å². The van der Waals surface area contributed by atoms with E-state index in [0.29, 0.717) is 26.2 Å². The van der Waals surface area contributed by atoms with Crippen molar-refractivity contribution in [2.24, 2.45) is 0 Å². The van der Waals surface area contributed by atoms with Crippen LogP contribution in [0.2, 0.25) is 0 Å². The molecule has 3 rings (SSSR count). The van der Waals surface area contributed by atoms with Crippen LogP contribution in [0.25, 0.3) is 0 Å². The molecule has 1 amide bonds. The van der Waals surface area contributed by atoms with Crippen LogP contribution in [0.15, 0.2) is 30.3 Å². The Morgan fingerprint density at radius 3 is 2.87 bits per heavy atom. The normalized spacial score (nSPS) is 13.9. The number of carbonyl (C=O) groups is 1. The van der Waals surface area contributed by atoms with Gasteiger partial charge in [0.2, 0.25) is 5.91 Å². The summed E-state index contributed by atoms with van der Waals surface area (Å²) in [5.41, 5.74) is 1.16. The lowest BCUT2D eigenvalue weighted by Crippen LogP contribution is -2.38. The van der Waals surface area contributed by atoms with Crippen molar-refractivity contribution in [2.75, 3.05) is 13.2 Å². The second-order valence-corrected chi connectivity index (χ2v) is 5.77. The van der Waals surface area contributed by atoms with E-state index in [-0.39, 0.29) is 5.91 Å². The lowest BCUT2D eigenvalue weighted by Gasteiger charge is -2.27. The Bertz CT molecular complexity index is 654. The molecule has 0 aliphatic carbocycles. The number of hydrogen-bond donors (Lipinski definition) is 0. The van der Waals surface area contributed by atoms with Crippen molar-refractivity contribution in [3.05, 3.63) is 47.5 Å². The van der Waals surface area contributed by atoms with Crippen molar-refractivity contribution < 1.29 is 9.53 Å². The predicted molar refractivity (Wildman–Crippen MR) is 85.5 cm³/mol. The molecular weight excluding hydrogens is 292 g/mol. The average molecular weight is 314 g/mol. The van der Waals surface area contributed by atoms with Gasteiger partial charge >= 0.3 is 0 Å². The molecule has 0 saturated carbocycles. The molecule has 0 N–H and O–H groups in total. The molecule has 0 saturated heterocycles. The Morgan fingerprint density at radius 2 is 2.04 bits per heavy atom.